The van der Waals surface area contributed by atoms with E-state index in [4.69, 9.17) is 4.52 Å². The first-order valence-electron chi connectivity index (χ1n) is 8.73. The van der Waals surface area contributed by atoms with E-state index in [1.54, 1.807) is 25.1 Å². The first kappa shape index (κ1) is 18.6. The molecule has 0 spiro atoms. The highest BCUT2D eigenvalue weighted by molar-refractivity contribution is 6.04. The fraction of sp³-hybridized carbons (Fsp3) is 0.227. The molecule has 1 heterocycles. The van der Waals surface area contributed by atoms with Crippen molar-refractivity contribution in [2.75, 3.05) is 5.32 Å². The van der Waals surface area contributed by atoms with Crippen LogP contribution in [0.25, 0.3) is 10.8 Å². The molecule has 0 saturated carbocycles. The molecule has 0 saturated heterocycles. The van der Waals surface area contributed by atoms with Gasteiger partial charge >= 0.3 is 5.63 Å². The van der Waals surface area contributed by atoms with E-state index in [1.807, 2.05) is 18.2 Å². The highest BCUT2D eigenvalue weighted by atomic mass is 16.5. The molecular weight excluding hydrogens is 340 g/mol. The second-order valence-electron chi connectivity index (χ2n) is 7.30. The Kier molecular flexibility index (Phi) is 4.95. The van der Waals surface area contributed by atoms with E-state index in [2.05, 4.69) is 43.0 Å². The van der Waals surface area contributed by atoms with E-state index >= 15 is 0 Å². The Morgan fingerprint density at radius 1 is 1.15 bits per heavy atom. The summed E-state index contributed by atoms with van der Waals surface area (Å²) in [6.07, 6.45) is 0.528. The number of rotatable bonds is 5. The number of fused-ring (bicyclic) bond motifs is 1. The predicted molar refractivity (Wildman–Crippen MR) is 107 cm³/mol. The van der Waals surface area contributed by atoms with Gasteiger partial charge in [-0.2, -0.15) is 0 Å². The van der Waals surface area contributed by atoms with Crippen LogP contribution in [0, 0.1) is 6.92 Å². The van der Waals surface area contributed by atoms with Gasteiger partial charge in [-0.1, -0.05) is 55.9 Å². The van der Waals surface area contributed by atoms with Crippen LogP contribution in [-0.2, 0) is 10.2 Å². The Balaban J connectivity index is 1.77. The minimum atomic E-state index is -0.498. The van der Waals surface area contributed by atoms with Crippen molar-refractivity contribution in [3.63, 3.8) is 0 Å². The van der Waals surface area contributed by atoms with Gasteiger partial charge in [-0.15, -0.1) is 0 Å². The number of anilines is 1. The predicted octanol–water partition coefficient (Wildman–Crippen LogP) is 4.36. The molecule has 138 valence electrons. The molecule has 0 aliphatic rings. The van der Waals surface area contributed by atoms with Crippen LogP contribution in [0.5, 0.6) is 0 Å². The molecule has 27 heavy (non-hydrogen) atoms. The molecule has 0 fully saturated rings. The molecule has 5 heteroatoms. The number of carbonyl (C=O) groups excluding carboxylic acids is 1. The summed E-state index contributed by atoms with van der Waals surface area (Å²) in [7, 11) is 0. The van der Waals surface area contributed by atoms with Gasteiger partial charge in [0.05, 0.1) is 11.1 Å². The second kappa shape index (κ2) is 7.19. The summed E-state index contributed by atoms with van der Waals surface area (Å²) in [5.74, 6) is -0.244. The number of nitrogens with one attached hydrogen (secondary N) is 1. The van der Waals surface area contributed by atoms with Gasteiger partial charge in [-0.25, -0.2) is 4.79 Å². The van der Waals surface area contributed by atoms with Gasteiger partial charge in [0.2, 0.25) is 0 Å². The number of aryl methyl sites for hydroxylation is 1. The van der Waals surface area contributed by atoms with Crippen molar-refractivity contribution in [3.05, 3.63) is 82.4 Å². The van der Waals surface area contributed by atoms with Crippen LogP contribution >= 0.6 is 0 Å². The summed E-state index contributed by atoms with van der Waals surface area (Å²) in [5.41, 5.74) is 2.11. The molecule has 3 aromatic rings. The molecule has 3 rings (SSSR count). The number of carbonyl (C=O) groups is 1. The van der Waals surface area contributed by atoms with E-state index in [0.29, 0.717) is 34.1 Å². The molecule has 0 aliphatic heterocycles. The van der Waals surface area contributed by atoms with Gasteiger partial charge < -0.3 is 9.84 Å². The summed E-state index contributed by atoms with van der Waals surface area (Å²) in [6.45, 7) is 9.89. The van der Waals surface area contributed by atoms with E-state index in [0.717, 1.165) is 5.56 Å². The number of aromatic nitrogens is 1. The maximum Gasteiger partial charge on any atom is 0.366 e. The Morgan fingerprint density at radius 3 is 2.56 bits per heavy atom. The lowest BCUT2D eigenvalue weighted by atomic mass is 9.79. The third kappa shape index (κ3) is 3.97. The van der Waals surface area contributed by atoms with Gasteiger partial charge in [0.25, 0.3) is 5.91 Å². The van der Waals surface area contributed by atoms with Gasteiger partial charge in [-0.3, -0.25) is 4.79 Å². The van der Waals surface area contributed by atoms with Crippen molar-refractivity contribution < 1.29 is 9.32 Å². The molecule has 1 aromatic heterocycles. The van der Waals surface area contributed by atoms with Crippen LogP contribution in [0.15, 0.2) is 70.0 Å². The summed E-state index contributed by atoms with van der Waals surface area (Å²) in [5, 5.41) is 7.67. The minimum absolute atomic E-state index is 0.210. The number of hydrogen-bond acceptors (Lipinski definition) is 4. The summed E-state index contributed by atoms with van der Waals surface area (Å²) in [4.78, 5) is 24.3. The highest BCUT2D eigenvalue weighted by Crippen LogP contribution is 2.30. The van der Waals surface area contributed by atoms with Crippen molar-refractivity contribution in [3.8, 4) is 0 Å². The molecule has 0 atom stereocenters. The number of nitrogens with zero attached hydrogens (tertiary/aromatic N) is 1. The molecule has 0 radical (unpaired) electrons. The van der Waals surface area contributed by atoms with Crippen LogP contribution in [0.3, 0.4) is 0 Å². The average molecular weight is 362 g/mol. The molecular formula is C22H22N2O3. The zero-order valence-corrected chi connectivity index (χ0v) is 15.7. The van der Waals surface area contributed by atoms with Crippen molar-refractivity contribution in [1.29, 1.82) is 0 Å². The quantitative estimate of drug-likeness (QED) is 0.685. The zero-order valence-electron chi connectivity index (χ0n) is 15.7. The summed E-state index contributed by atoms with van der Waals surface area (Å²) >= 11 is 0. The Bertz CT molecular complexity index is 1070. The van der Waals surface area contributed by atoms with Gasteiger partial charge in [-0.05, 0) is 42.5 Å². The topological polar surface area (TPSA) is 72.2 Å². The fourth-order valence-electron chi connectivity index (χ4n) is 3.13. The minimum Gasteiger partial charge on any atom is -0.322 e. The molecule has 0 unspecified atom stereocenters. The Labute approximate surface area is 157 Å². The average Bonchev–Trinajstić information content (AvgIpc) is 2.65. The molecule has 2 aromatic carbocycles. The normalized spacial score (nSPS) is 11.4. The lowest BCUT2D eigenvalue weighted by molar-refractivity contribution is -0.113. The largest absolute Gasteiger partial charge is 0.366 e. The maximum atomic E-state index is 12.6. The zero-order chi connectivity index (χ0) is 19.6. The van der Waals surface area contributed by atoms with Crippen LogP contribution in [0.4, 0.5) is 5.69 Å². The molecule has 1 N–H and O–H groups in total. The van der Waals surface area contributed by atoms with E-state index < -0.39 is 5.63 Å². The second-order valence-corrected chi connectivity index (χ2v) is 7.30. The standard InChI is InChI=1S/C22H22N2O3/c1-14(13-22(3,4)16-8-6-5-7-9-16)20(25)23-17-10-11-18-19(12-17)15(2)24-27-21(18)26/h5-12H,1,13H2,2-4H3,(H,23,25). The van der Waals surface area contributed by atoms with Crippen LogP contribution in [-0.4, -0.2) is 11.1 Å². The molecule has 0 bridgehead atoms. The Morgan fingerprint density at radius 2 is 1.85 bits per heavy atom. The summed E-state index contributed by atoms with van der Waals surface area (Å²) < 4.78 is 4.72. The first-order valence-corrected chi connectivity index (χ1v) is 8.73. The van der Waals surface area contributed by atoms with Gasteiger partial charge in [0.15, 0.2) is 0 Å². The SMILES string of the molecule is C=C(CC(C)(C)c1ccccc1)C(=O)Nc1ccc2c(=O)onc(C)c2c1. The Hall–Kier alpha value is -3.21. The van der Waals surface area contributed by atoms with Gasteiger partial charge in [0.1, 0.15) is 0 Å². The van der Waals surface area contributed by atoms with E-state index in [-0.39, 0.29) is 11.3 Å². The van der Waals surface area contributed by atoms with E-state index in [9.17, 15) is 9.59 Å². The van der Waals surface area contributed by atoms with Crippen molar-refractivity contribution in [2.24, 2.45) is 0 Å². The monoisotopic (exact) mass is 362 g/mol. The van der Waals surface area contributed by atoms with Crippen LogP contribution in [0.1, 0.15) is 31.5 Å². The lowest BCUT2D eigenvalue weighted by Gasteiger charge is -2.26. The lowest BCUT2D eigenvalue weighted by Crippen LogP contribution is -2.23. The molecule has 5 nitrogen and oxygen atoms in total. The molecule has 1 amide bonds. The number of hydrogen-bond donors (Lipinski definition) is 1. The maximum absolute atomic E-state index is 12.6. The van der Waals surface area contributed by atoms with Gasteiger partial charge in [0, 0.05) is 16.6 Å². The number of amides is 1. The third-order valence-electron chi connectivity index (χ3n) is 4.68. The van der Waals surface area contributed by atoms with Crippen LogP contribution in [0.2, 0.25) is 0 Å². The van der Waals surface area contributed by atoms with Crippen LogP contribution < -0.4 is 10.9 Å². The fourth-order valence-corrected chi connectivity index (χ4v) is 3.13. The molecule has 0 aliphatic carbocycles. The first-order chi connectivity index (χ1) is 12.8. The summed E-state index contributed by atoms with van der Waals surface area (Å²) in [6, 6.07) is 15.1. The van der Waals surface area contributed by atoms with E-state index in [1.165, 1.54) is 0 Å². The smallest absolute Gasteiger partial charge is 0.322 e. The van der Waals surface area contributed by atoms with Crippen molar-refractivity contribution >= 4 is 22.4 Å². The highest BCUT2D eigenvalue weighted by Gasteiger charge is 2.24. The third-order valence-corrected chi connectivity index (χ3v) is 4.68. The van der Waals surface area contributed by atoms with Crippen molar-refractivity contribution in [2.45, 2.75) is 32.6 Å². The van der Waals surface area contributed by atoms with Crippen molar-refractivity contribution in [1.82, 2.24) is 5.16 Å². The number of benzene rings is 2.